The third kappa shape index (κ3) is 6.87. The van der Waals surface area contributed by atoms with E-state index >= 15 is 0 Å². The van der Waals surface area contributed by atoms with Crippen LogP contribution in [0, 0.1) is 0 Å². The van der Waals surface area contributed by atoms with Crippen molar-refractivity contribution in [2.75, 3.05) is 31.5 Å². The first kappa shape index (κ1) is 27.5. The maximum Gasteiger partial charge on any atom is 0.304 e. The van der Waals surface area contributed by atoms with E-state index in [1.54, 1.807) is 6.07 Å². The number of benzene rings is 2. The Hall–Kier alpha value is -1.50. The molecule has 3 atom stereocenters. The highest BCUT2D eigenvalue weighted by Gasteiger charge is 2.31. The van der Waals surface area contributed by atoms with Crippen LogP contribution in [-0.4, -0.2) is 59.1 Å². The SMILES string of the molecule is CC(CC(=O)O)N1CCCC(N2CCC(c3ccc(Cl)c(N[C@H](C)c4ccc(Cl)cc4Cl)c3)CC2)C1. The molecule has 0 bridgehead atoms. The van der Waals surface area contributed by atoms with Gasteiger partial charge in [0.25, 0.3) is 0 Å². The van der Waals surface area contributed by atoms with Crippen LogP contribution in [0.2, 0.25) is 15.1 Å². The van der Waals surface area contributed by atoms with E-state index < -0.39 is 5.97 Å². The van der Waals surface area contributed by atoms with Gasteiger partial charge in [0, 0.05) is 28.7 Å². The molecule has 0 spiro atoms. The lowest BCUT2D eigenvalue weighted by Crippen LogP contribution is -2.52. The number of anilines is 1. The number of hydrogen-bond donors (Lipinski definition) is 2. The first-order valence-corrected chi connectivity index (χ1v) is 14.1. The largest absolute Gasteiger partial charge is 0.481 e. The van der Waals surface area contributed by atoms with Crippen LogP contribution in [0.1, 0.15) is 69.0 Å². The average Bonchev–Trinajstić information content (AvgIpc) is 2.85. The number of nitrogens with zero attached hydrogens (tertiary/aromatic N) is 2. The normalized spacial score (nSPS) is 21.8. The zero-order valence-electron chi connectivity index (χ0n) is 21.0. The van der Waals surface area contributed by atoms with Gasteiger partial charge in [0.15, 0.2) is 0 Å². The highest BCUT2D eigenvalue weighted by molar-refractivity contribution is 6.35. The van der Waals surface area contributed by atoms with Crippen molar-refractivity contribution in [1.82, 2.24) is 9.80 Å². The van der Waals surface area contributed by atoms with Gasteiger partial charge in [-0.1, -0.05) is 46.9 Å². The predicted octanol–water partition coefficient (Wildman–Crippen LogP) is 7.33. The molecule has 2 saturated heterocycles. The van der Waals surface area contributed by atoms with Gasteiger partial charge in [-0.05, 0) is 100 Å². The first-order valence-electron chi connectivity index (χ1n) is 12.9. The molecule has 196 valence electrons. The fourth-order valence-electron chi connectivity index (χ4n) is 5.73. The molecule has 2 aliphatic rings. The number of piperidine rings is 2. The lowest BCUT2D eigenvalue weighted by atomic mass is 9.87. The number of nitrogens with one attached hydrogen (secondary N) is 1. The summed E-state index contributed by atoms with van der Waals surface area (Å²) in [5.74, 6) is -0.216. The highest BCUT2D eigenvalue weighted by Crippen LogP contribution is 2.36. The molecule has 8 heteroatoms. The van der Waals surface area contributed by atoms with Crippen molar-refractivity contribution < 1.29 is 9.90 Å². The van der Waals surface area contributed by atoms with Crippen LogP contribution in [0.4, 0.5) is 5.69 Å². The summed E-state index contributed by atoms with van der Waals surface area (Å²) in [4.78, 5) is 16.1. The maximum atomic E-state index is 11.1. The second-order valence-electron chi connectivity index (χ2n) is 10.3. The quantitative estimate of drug-likeness (QED) is 0.359. The lowest BCUT2D eigenvalue weighted by molar-refractivity contribution is -0.138. The summed E-state index contributed by atoms with van der Waals surface area (Å²) in [5.41, 5.74) is 3.22. The van der Waals surface area contributed by atoms with E-state index in [1.165, 1.54) is 12.0 Å². The highest BCUT2D eigenvalue weighted by atomic mass is 35.5. The van der Waals surface area contributed by atoms with Gasteiger partial charge >= 0.3 is 5.97 Å². The van der Waals surface area contributed by atoms with Crippen molar-refractivity contribution in [3.05, 3.63) is 62.6 Å². The number of aliphatic carboxylic acids is 1. The Kier molecular flexibility index (Phi) is 9.45. The topological polar surface area (TPSA) is 55.8 Å². The molecule has 2 unspecified atom stereocenters. The molecule has 2 aromatic carbocycles. The number of rotatable bonds is 8. The Balaban J connectivity index is 1.36. The molecule has 0 amide bonds. The maximum absolute atomic E-state index is 11.1. The number of likely N-dealkylation sites (tertiary alicyclic amines) is 2. The molecule has 2 heterocycles. The Morgan fingerprint density at radius 3 is 2.47 bits per heavy atom. The van der Waals surface area contributed by atoms with Gasteiger partial charge in [-0.2, -0.15) is 0 Å². The Labute approximate surface area is 229 Å². The van der Waals surface area contributed by atoms with Crippen LogP contribution in [-0.2, 0) is 4.79 Å². The van der Waals surface area contributed by atoms with Gasteiger partial charge in [-0.25, -0.2) is 0 Å². The van der Waals surface area contributed by atoms with Gasteiger partial charge in [0.05, 0.1) is 23.2 Å². The van der Waals surface area contributed by atoms with Crippen molar-refractivity contribution in [3.8, 4) is 0 Å². The second-order valence-corrected chi connectivity index (χ2v) is 11.6. The third-order valence-electron chi connectivity index (χ3n) is 7.83. The van der Waals surface area contributed by atoms with E-state index in [0.717, 1.165) is 56.7 Å². The number of halogens is 3. The van der Waals surface area contributed by atoms with Crippen molar-refractivity contribution in [2.24, 2.45) is 0 Å². The van der Waals surface area contributed by atoms with Gasteiger partial charge in [-0.15, -0.1) is 0 Å². The van der Waals surface area contributed by atoms with Crippen LogP contribution in [0.5, 0.6) is 0 Å². The Morgan fingerprint density at radius 2 is 1.78 bits per heavy atom. The summed E-state index contributed by atoms with van der Waals surface area (Å²) >= 11 is 19.0. The van der Waals surface area contributed by atoms with Crippen molar-refractivity contribution >= 4 is 46.5 Å². The zero-order chi connectivity index (χ0) is 25.8. The molecule has 0 aromatic heterocycles. The summed E-state index contributed by atoms with van der Waals surface area (Å²) in [7, 11) is 0. The molecule has 0 aliphatic carbocycles. The van der Waals surface area contributed by atoms with Crippen molar-refractivity contribution in [1.29, 1.82) is 0 Å². The summed E-state index contributed by atoms with van der Waals surface area (Å²) in [6.45, 7) is 8.22. The van der Waals surface area contributed by atoms with Crippen LogP contribution in [0.25, 0.3) is 0 Å². The zero-order valence-corrected chi connectivity index (χ0v) is 23.3. The van der Waals surface area contributed by atoms with E-state index in [1.807, 2.05) is 25.1 Å². The fourth-order valence-corrected chi connectivity index (χ4v) is 6.48. The molecule has 2 N–H and O–H groups in total. The molecule has 0 saturated carbocycles. The standard InChI is InChI=1S/C28H36Cl3N3O2/c1-18(14-28(35)36)34-11-3-4-23(17-34)33-12-9-20(10-13-33)21-5-8-25(30)27(15-21)32-19(2)24-7-6-22(29)16-26(24)31/h5-8,15-16,18-20,23,32H,3-4,9-14,17H2,1-2H3,(H,35,36)/t18?,19-,23?/m1/s1. The minimum absolute atomic E-state index is 0.0119. The molecular formula is C28H36Cl3N3O2. The monoisotopic (exact) mass is 551 g/mol. The van der Waals surface area contributed by atoms with Crippen molar-refractivity contribution in [2.45, 2.75) is 70.0 Å². The molecule has 2 fully saturated rings. The predicted molar refractivity (Wildman–Crippen MR) is 150 cm³/mol. The number of carboxylic acid groups (broad SMARTS) is 1. The van der Waals surface area contributed by atoms with Crippen molar-refractivity contribution in [3.63, 3.8) is 0 Å². The molecule has 36 heavy (non-hydrogen) atoms. The third-order valence-corrected chi connectivity index (χ3v) is 8.72. The number of hydrogen-bond acceptors (Lipinski definition) is 4. The van der Waals surface area contributed by atoms with Gasteiger partial charge in [-0.3, -0.25) is 14.6 Å². The summed E-state index contributed by atoms with van der Waals surface area (Å²) in [6, 6.07) is 12.5. The van der Waals surface area contributed by atoms with E-state index in [0.29, 0.717) is 27.0 Å². The first-order chi connectivity index (χ1) is 17.2. The van der Waals surface area contributed by atoms with Gasteiger partial charge < -0.3 is 10.4 Å². The minimum Gasteiger partial charge on any atom is -0.481 e. The number of carboxylic acids is 1. The average molecular weight is 553 g/mol. The van der Waals surface area contributed by atoms with E-state index in [2.05, 4.69) is 34.2 Å². The number of carbonyl (C=O) groups is 1. The molecule has 2 aliphatic heterocycles. The smallest absolute Gasteiger partial charge is 0.304 e. The minimum atomic E-state index is -0.715. The summed E-state index contributed by atoms with van der Waals surface area (Å²) in [6.07, 6.45) is 4.77. The fraction of sp³-hybridized carbons (Fsp3) is 0.536. The lowest BCUT2D eigenvalue weighted by Gasteiger charge is -2.44. The summed E-state index contributed by atoms with van der Waals surface area (Å²) < 4.78 is 0. The van der Waals surface area contributed by atoms with Crippen LogP contribution in [0.15, 0.2) is 36.4 Å². The molecule has 2 aromatic rings. The summed E-state index contributed by atoms with van der Waals surface area (Å²) in [5, 5.41) is 14.7. The Bertz CT molecular complexity index is 1060. The van der Waals surface area contributed by atoms with E-state index in [9.17, 15) is 9.90 Å². The van der Waals surface area contributed by atoms with Crippen LogP contribution < -0.4 is 5.32 Å². The van der Waals surface area contributed by atoms with E-state index in [-0.39, 0.29) is 18.5 Å². The van der Waals surface area contributed by atoms with Gasteiger partial charge in [0.2, 0.25) is 0 Å². The Morgan fingerprint density at radius 1 is 1.03 bits per heavy atom. The molecule has 4 rings (SSSR count). The van der Waals surface area contributed by atoms with Crippen LogP contribution in [0.3, 0.4) is 0 Å². The van der Waals surface area contributed by atoms with Crippen LogP contribution >= 0.6 is 34.8 Å². The van der Waals surface area contributed by atoms with Gasteiger partial charge in [0.1, 0.15) is 0 Å². The molecule has 0 radical (unpaired) electrons. The molecular weight excluding hydrogens is 517 g/mol. The van der Waals surface area contributed by atoms with E-state index in [4.69, 9.17) is 34.8 Å². The molecule has 5 nitrogen and oxygen atoms in total. The second kappa shape index (κ2) is 12.4.